The van der Waals surface area contributed by atoms with Crippen molar-refractivity contribution < 1.29 is 9.84 Å². The van der Waals surface area contributed by atoms with Crippen LogP contribution in [0.2, 0.25) is 0 Å². The van der Waals surface area contributed by atoms with E-state index in [1.54, 1.807) is 17.6 Å². The highest BCUT2D eigenvalue weighted by Crippen LogP contribution is 2.10. The molecular weight excluding hydrogens is 160 g/mol. The van der Waals surface area contributed by atoms with Crippen LogP contribution in [-0.4, -0.2) is 23.3 Å². The van der Waals surface area contributed by atoms with Gasteiger partial charge in [0.2, 0.25) is 5.88 Å². The lowest BCUT2D eigenvalue weighted by molar-refractivity contribution is 0.196. The summed E-state index contributed by atoms with van der Waals surface area (Å²) in [7, 11) is 0. The van der Waals surface area contributed by atoms with E-state index in [0.717, 1.165) is 0 Å². The maximum absolute atomic E-state index is 10.1. The zero-order valence-electron chi connectivity index (χ0n) is 6.36. The van der Waals surface area contributed by atoms with Crippen LogP contribution >= 0.6 is 0 Å². The maximum atomic E-state index is 10.1. The summed E-state index contributed by atoms with van der Waals surface area (Å²) < 4.78 is 4.96. The van der Waals surface area contributed by atoms with Gasteiger partial charge in [0.25, 0.3) is 0 Å². The van der Waals surface area contributed by atoms with Gasteiger partial charge in [-0.15, -0.1) is 0 Å². The van der Waals surface area contributed by atoms with E-state index in [2.05, 4.69) is 4.98 Å². The Kier molecular flexibility index (Phi) is 3.31. The Morgan fingerprint density at radius 2 is 2.42 bits per heavy atom. The molecule has 0 aliphatic carbocycles. The average Bonchev–Trinajstić information content (AvgIpc) is 2.15. The van der Waals surface area contributed by atoms with Gasteiger partial charge in [-0.2, -0.15) is 0 Å². The van der Waals surface area contributed by atoms with Crippen LogP contribution in [0.3, 0.4) is 0 Å². The minimum Gasteiger partial charge on any atom is -0.761 e. The SMILES string of the molecule is [O-]Nc1ccc(OCCO)nc1. The van der Waals surface area contributed by atoms with Gasteiger partial charge in [0.15, 0.2) is 0 Å². The fourth-order valence-electron chi connectivity index (χ4n) is 0.676. The summed E-state index contributed by atoms with van der Waals surface area (Å²) in [4.78, 5) is 3.79. The Balaban J connectivity index is 2.53. The van der Waals surface area contributed by atoms with Crippen LogP contribution in [0, 0.1) is 5.21 Å². The van der Waals surface area contributed by atoms with E-state index in [1.165, 1.54) is 6.20 Å². The molecule has 0 aliphatic heterocycles. The second kappa shape index (κ2) is 4.53. The maximum Gasteiger partial charge on any atom is 0.213 e. The third-order valence-corrected chi connectivity index (χ3v) is 1.20. The Morgan fingerprint density at radius 3 is 2.92 bits per heavy atom. The average molecular weight is 169 g/mol. The monoisotopic (exact) mass is 169 g/mol. The highest BCUT2D eigenvalue weighted by Gasteiger charge is 1.92. The molecule has 5 nitrogen and oxygen atoms in total. The molecule has 0 aliphatic rings. The lowest BCUT2D eigenvalue weighted by Crippen LogP contribution is -2.02. The van der Waals surface area contributed by atoms with Crippen LogP contribution in [0.15, 0.2) is 18.3 Å². The van der Waals surface area contributed by atoms with E-state index >= 15 is 0 Å². The largest absolute Gasteiger partial charge is 0.761 e. The molecule has 0 amide bonds. The lowest BCUT2D eigenvalue weighted by atomic mass is 10.4. The first-order valence-corrected chi connectivity index (χ1v) is 3.44. The number of pyridine rings is 1. The Hall–Kier alpha value is -1.33. The number of hydrogen-bond acceptors (Lipinski definition) is 5. The first kappa shape index (κ1) is 8.76. The van der Waals surface area contributed by atoms with Gasteiger partial charge in [0.1, 0.15) is 6.61 Å². The standard InChI is InChI=1S/C7H9N2O3/c10-3-4-12-7-2-1-6(9-11)5-8-7/h1-2,5,9-10H,3-4H2/q-1. The quantitative estimate of drug-likeness (QED) is 0.636. The van der Waals surface area contributed by atoms with E-state index < -0.39 is 0 Å². The van der Waals surface area contributed by atoms with E-state index in [0.29, 0.717) is 11.6 Å². The Bertz CT molecular complexity index is 225. The molecule has 0 radical (unpaired) electrons. The summed E-state index contributed by atoms with van der Waals surface area (Å²) in [5.41, 5.74) is 2.07. The third kappa shape index (κ3) is 2.37. The summed E-state index contributed by atoms with van der Waals surface area (Å²) in [6.07, 6.45) is 1.36. The molecule has 0 saturated heterocycles. The van der Waals surface area contributed by atoms with E-state index in [9.17, 15) is 5.21 Å². The molecule has 0 aromatic carbocycles. The van der Waals surface area contributed by atoms with Gasteiger partial charge in [-0.05, 0) is 6.07 Å². The molecule has 0 spiro atoms. The van der Waals surface area contributed by atoms with Crippen LogP contribution in [0.1, 0.15) is 0 Å². The van der Waals surface area contributed by atoms with E-state index in [1.807, 2.05) is 0 Å². The normalized spacial score (nSPS) is 9.50. The molecule has 1 rings (SSSR count). The van der Waals surface area contributed by atoms with Gasteiger partial charge in [0.05, 0.1) is 12.8 Å². The zero-order chi connectivity index (χ0) is 8.81. The third-order valence-electron chi connectivity index (χ3n) is 1.20. The van der Waals surface area contributed by atoms with Crippen molar-refractivity contribution in [1.82, 2.24) is 4.98 Å². The summed E-state index contributed by atoms with van der Waals surface area (Å²) in [5, 5.41) is 18.5. The molecular formula is C7H9N2O3-. The van der Waals surface area contributed by atoms with Gasteiger partial charge in [0, 0.05) is 11.8 Å². The Morgan fingerprint density at radius 1 is 1.58 bits per heavy atom. The molecule has 0 saturated carbocycles. The van der Waals surface area contributed by atoms with Gasteiger partial charge in [-0.1, -0.05) is 0 Å². The molecule has 2 N–H and O–H groups in total. The van der Waals surface area contributed by atoms with Crippen molar-refractivity contribution in [2.75, 3.05) is 18.7 Å². The highest BCUT2D eigenvalue weighted by atomic mass is 16.5. The Labute approximate surface area is 69.6 Å². The minimum atomic E-state index is -0.0523. The molecule has 66 valence electrons. The second-order valence-electron chi connectivity index (χ2n) is 2.06. The number of nitrogens with one attached hydrogen (secondary N) is 1. The summed E-state index contributed by atoms with van der Waals surface area (Å²) in [6, 6.07) is 3.10. The van der Waals surface area contributed by atoms with Crippen LogP contribution in [-0.2, 0) is 0 Å². The number of hydrogen-bond donors (Lipinski definition) is 2. The van der Waals surface area contributed by atoms with Gasteiger partial charge >= 0.3 is 0 Å². The molecule has 5 heteroatoms. The fraction of sp³-hybridized carbons (Fsp3) is 0.286. The number of anilines is 1. The first-order chi connectivity index (χ1) is 5.86. The molecule has 1 aromatic rings. The molecule has 0 fully saturated rings. The summed E-state index contributed by atoms with van der Waals surface area (Å²) in [5.74, 6) is 0.392. The predicted octanol–water partition coefficient (Wildman–Crippen LogP) is 0.362. The fourth-order valence-corrected chi connectivity index (χ4v) is 0.676. The first-order valence-electron chi connectivity index (χ1n) is 3.44. The molecule has 1 heterocycles. The van der Waals surface area contributed by atoms with Crippen LogP contribution < -0.4 is 10.2 Å². The van der Waals surface area contributed by atoms with Crippen molar-refractivity contribution in [3.63, 3.8) is 0 Å². The summed E-state index contributed by atoms with van der Waals surface area (Å²) >= 11 is 0. The molecule has 0 unspecified atom stereocenters. The smallest absolute Gasteiger partial charge is 0.213 e. The van der Waals surface area contributed by atoms with Crippen LogP contribution in [0.5, 0.6) is 5.88 Å². The number of ether oxygens (including phenoxy) is 1. The van der Waals surface area contributed by atoms with Crippen LogP contribution in [0.25, 0.3) is 0 Å². The topological polar surface area (TPSA) is 77.4 Å². The number of aliphatic hydroxyl groups is 1. The van der Waals surface area contributed by atoms with Crippen molar-refractivity contribution in [2.45, 2.75) is 0 Å². The van der Waals surface area contributed by atoms with Gasteiger partial charge in [-0.25, -0.2) is 4.98 Å². The van der Waals surface area contributed by atoms with Crippen molar-refractivity contribution in [3.8, 4) is 5.88 Å². The summed E-state index contributed by atoms with van der Waals surface area (Å²) in [6.45, 7) is 0.153. The van der Waals surface area contributed by atoms with Gasteiger partial charge in [-0.3, -0.25) is 0 Å². The minimum absolute atomic E-state index is 0.0523. The van der Waals surface area contributed by atoms with Crippen molar-refractivity contribution in [2.24, 2.45) is 0 Å². The molecule has 1 aromatic heterocycles. The van der Waals surface area contributed by atoms with Crippen molar-refractivity contribution in [3.05, 3.63) is 23.5 Å². The molecule has 12 heavy (non-hydrogen) atoms. The molecule has 0 atom stereocenters. The zero-order valence-corrected chi connectivity index (χ0v) is 6.36. The number of aliphatic hydroxyl groups excluding tert-OH is 1. The second-order valence-corrected chi connectivity index (χ2v) is 2.06. The number of nitrogens with zero attached hydrogens (tertiary/aromatic N) is 1. The van der Waals surface area contributed by atoms with Gasteiger partial charge < -0.3 is 20.5 Å². The van der Waals surface area contributed by atoms with E-state index in [4.69, 9.17) is 9.84 Å². The lowest BCUT2D eigenvalue weighted by Gasteiger charge is -2.08. The van der Waals surface area contributed by atoms with Crippen molar-refractivity contribution >= 4 is 5.69 Å². The molecule has 0 bridgehead atoms. The number of aromatic nitrogens is 1. The highest BCUT2D eigenvalue weighted by molar-refractivity contribution is 5.42. The van der Waals surface area contributed by atoms with E-state index in [-0.39, 0.29) is 13.2 Å². The number of rotatable bonds is 4. The predicted molar refractivity (Wildman–Crippen MR) is 43.8 cm³/mol. The van der Waals surface area contributed by atoms with Crippen LogP contribution in [0.4, 0.5) is 5.69 Å². The van der Waals surface area contributed by atoms with Crippen molar-refractivity contribution in [1.29, 1.82) is 0 Å².